The molecule has 0 aromatic heterocycles. The first-order valence-corrected chi connectivity index (χ1v) is 39.7. The molecular formula is C78H155NO8. The van der Waals surface area contributed by atoms with E-state index in [0.29, 0.717) is 12.8 Å². The van der Waals surface area contributed by atoms with Gasteiger partial charge in [-0.05, 0) is 12.8 Å². The van der Waals surface area contributed by atoms with Crippen LogP contribution in [-0.2, 0) is 14.3 Å². The smallest absolute Gasteiger partial charge is 0.220 e. The van der Waals surface area contributed by atoms with Crippen LogP contribution in [0.4, 0.5) is 0 Å². The van der Waals surface area contributed by atoms with Crippen LogP contribution in [0.2, 0.25) is 0 Å². The second-order valence-electron chi connectivity index (χ2n) is 28.2. The van der Waals surface area contributed by atoms with E-state index in [4.69, 9.17) is 9.47 Å². The molecule has 7 unspecified atom stereocenters. The number of aliphatic hydroxyl groups is 5. The number of hydrogen-bond acceptors (Lipinski definition) is 8. The van der Waals surface area contributed by atoms with Gasteiger partial charge in [0.25, 0.3) is 0 Å². The topological polar surface area (TPSA) is 149 Å². The summed E-state index contributed by atoms with van der Waals surface area (Å²) in [6, 6.07) is -0.716. The molecule has 1 aliphatic heterocycles. The number of aliphatic hydroxyl groups excluding tert-OH is 5. The van der Waals surface area contributed by atoms with Crippen molar-refractivity contribution < 1.29 is 39.8 Å². The van der Waals surface area contributed by atoms with E-state index in [0.717, 1.165) is 38.5 Å². The molecule has 1 fully saturated rings. The molecule has 1 amide bonds. The zero-order chi connectivity index (χ0) is 62.8. The molecule has 87 heavy (non-hydrogen) atoms. The number of unbranched alkanes of at least 4 members (excludes halogenated alkanes) is 62. The minimum absolute atomic E-state index is 0.130. The molecule has 0 spiro atoms. The molecule has 0 aromatic carbocycles. The number of carbonyl (C=O) groups excluding carboxylic acids is 1. The lowest BCUT2D eigenvalue weighted by molar-refractivity contribution is -0.302. The maximum atomic E-state index is 13.2. The lowest BCUT2D eigenvalue weighted by Gasteiger charge is -2.40. The maximum absolute atomic E-state index is 13.2. The summed E-state index contributed by atoms with van der Waals surface area (Å²) in [5.41, 5.74) is 0. The van der Waals surface area contributed by atoms with Crippen LogP contribution in [0.5, 0.6) is 0 Å². The van der Waals surface area contributed by atoms with E-state index in [1.165, 1.54) is 372 Å². The Morgan fingerprint density at radius 3 is 0.816 bits per heavy atom. The number of nitrogens with one attached hydrogen (secondary N) is 1. The van der Waals surface area contributed by atoms with Gasteiger partial charge in [0.1, 0.15) is 24.4 Å². The number of rotatable bonds is 72. The van der Waals surface area contributed by atoms with Crippen molar-refractivity contribution in [2.24, 2.45) is 0 Å². The van der Waals surface area contributed by atoms with Crippen LogP contribution >= 0.6 is 0 Å². The van der Waals surface area contributed by atoms with Crippen LogP contribution < -0.4 is 5.32 Å². The fraction of sp³-hybridized carbons (Fsp3) is 0.987. The van der Waals surface area contributed by atoms with Crippen LogP contribution in [0.15, 0.2) is 0 Å². The summed E-state index contributed by atoms with van der Waals surface area (Å²) in [6.07, 6.45) is 80.8. The summed E-state index contributed by atoms with van der Waals surface area (Å²) in [5.74, 6) is -0.131. The monoisotopic (exact) mass is 1230 g/mol. The number of hydrogen-bond donors (Lipinski definition) is 6. The third kappa shape index (κ3) is 56.5. The van der Waals surface area contributed by atoms with Gasteiger partial charge in [-0.15, -0.1) is 0 Å². The molecular weight excluding hydrogens is 1080 g/mol. The molecule has 0 aromatic rings. The summed E-state index contributed by atoms with van der Waals surface area (Å²) >= 11 is 0. The molecule has 0 bridgehead atoms. The maximum Gasteiger partial charge on any atom is 0.220 e. The summed E-state index contributed by atoms with van der Waals surface area (Å²) in [6.45, 7) is 3.92. The van der Waals surface area contributed by atoms with Gasteiger partial charge in [0, 0.05) is 6.42 Å². The lowest BCUT2D eigenvalue weighted by Crippen LogP contribution is -2.60. The molecule has 9 nitrogen and oxygen atoms in total. The van der Waals surface area contributed by atoms with E-state index in [1.54, 1.807) is 0 Å². The van der Waals surface area contributed by atoms with Crippen LogP contribution in [0.1, 0.15) is 438 Å². The fourth-order valence-corrected chi connectivity index (χ4v) is 13.5. The number of amides is 1. The highest BCUT2D eigenvalue weighted by Gasteiger charge is 2.44. The highest BCUT2D eigenvalue weighted by Crippen LogP contribution is 2.25. The van der Waals surface area contributed by atoms with Gasteiger partial charge in [-0.1, -0.05) is 418 Å². The highest BCUT2D eigenvalue weighted by atomic mass is 16.7. The van der Waals surface area contributed by atoms with E-state index >= 15 is 0 Å². The van der Waals surface area contributed by atoms with Crippen molar-refractivity contribution in [2.45, 2.75) is 480 Å². The normalized spacial score (nSPS) is 17.8. The third-order valence-corrected chi connectivity index (χ3v) is 19.7. The zero-order valence-corrected chi connectivity index (χ0v) is 58.6. The molecule has 6 N–H and O–H groups in total. The van der Waals surface area contributed by atoms with E-state index in [9.17, 15) is 30.3 Å². The van der Waals surface area contributed by atoms with Crippen LogP contribution in [0.25, 0.3) is 0 Å². The van der Waals surface area contributed by atoms with Gasteiger partial charge in [-0.2, -0.15) is 0 Å². The van der Waals surface area contributed by atoms with Gasteiger partial charge < -0.3 is 40.3 Å². The minimum Gasteiger partial charge on any atom is -0.394 e. The highest BCUT2D eigenvalue weighted by molar-refractivity contribution is 5.76. The van der Waals surface area contributed by atoms with Gasteiger partial charge in [-0.3, -0.25) is 4.79 Å². The molecule has 1 aliphatic rings. The Balaban J connectivity index is 2.04. The Bertz CT molecular complexity index is 1340. The first-order chi connectivity index (χ1) is 42.8. The Morgan fingerprint density at radius 1 is 0.345 bits per heavy atom. The molecule has 0 radical (unpaired) electrons. The molecule has 0 saturated carbocycles. The Kier molecular flexibility index (Phi) is 65.9. The fourth-order valence-electron chi connectivity index (χ4n) is 13.5. The van der Waals surface area contributed by atoms with Crippen molar-refractivity contribution in [2.75, 3.05) is 13.2 Å². The third-order valence-electron chi connectivity index (χ3n) is 19.7. The van der Waals surface area contributed by atoms with Crippen molar-refractivity contribution in [1.82, 2.24) is 5.32 Å². The van der Waals surface area contributed by atoms with Crippen LogP contribution in [-0.4, -0.2) is 87.5 Å². The van der Waals surface area contributed by atoms with Gasteiger partial charge in [-0.25, -0.2) is 0 Å². The van der Waals surface area contributed by atoms with E-state index in [1.807, 2.05) is 0 Å². The van der Waals surface area contributed by atoms with E-state index in [-0.39, 0.29) is 12.5 Å². The quantitative estimate of drug-likeness (QED) is 0.0330. The predicted octanol–water partition coefficient (Wildman–Crippen LogP) is 22.4. The Hall–Kier alpha value is -0.810. The molecule has 1 heterocycles. The van der Waals surface area contributed by atoms with Gasteiger partial charge in [0.2, 0.25) is 5.91 Å². The average Bonchev–Trinajstić information content (AvgIpc) is 3.38. The lowest BCUT2D eigenvalue weighted by atomic mass is 9.99. The molecule has 1 rings (SSSR count). The molecule has 7 atom stereocenters. The summed E-state index contributed by atoms with van der Waals surface area (Å²) in [4.78, 5) is 13.2. The molecule has 520 valence electrons. The van der Waals surface area contributed by atoms with Gasteiger partial charge in [0.05, 0.1) is 25.4 Å². The second-order valence-corrected chi connectivity index (χ2v) is 28.2. The summed E-state index contributed by atoms with van der Waals surface area (Å²) in [5, 5.41) is 55.1. The van der Waals surface area contributed by atoms with E-state index < -0.39 is 49.5 Å². The van der Waals surface area contributed by atoms with Crippen molar-refractivity contribution in [3.63, 3.8) is 0 Å². The number of carbonyl (C=O) groups is 1. The van der Waals surface area contributed by atoms with Gasteiger partial charge >= 0.3 is 0 Å². The van der Waals surface area contributed by atoms with Crippen LogP contribution in [0, 0.1) is 0 Å². The second kappa shape index (κ2) is 68.1. The molecule has 0 aliphatic carbocycles. The zero-order valence-electron chi connectivity index (χ0n) is 58.6. The largest absolute Gasteiger partial charge is 0.394 e. The predicted molar refractivity (Wildman–Crippen MR) is 374 cm³/mol. The first kappa shape index (κ1) is 84.2. The van der Waals surface area contributed by atoms with Gasteiger partial charge in [0.15, 0.2) is 6.29 Å². The van der Waals surface area contributed by atoms with Crippen molar-refractivity contribution in [3.05, 3.63) is 0 Å². The SMILES string of the molecule is CCCCCCCCCCCCCCCCCCCCCCCCCCCCCCCCCCCC(=O)NC(COC1OC(CO)C(O)C(O)C1O)C(O)CCCCCCCCCCCCCCCCCCCCCCCCCCCCCCCCC. The van der Waals surface area contributed by atoms with Crippen molar-refractivity contribution in [3.8, 4) is 0 Å². The summed E-state index contributed by atoms with van der Waals surface area (Å²) in [7, 11) is 0. The minimum atomic E-state index is -1.55. The van der Waals surface area contributed by atoms with Crippen molar-refractivity contribution in [1.29, 1.82) is 0 Å². The average molecular weight is 1240 g/mol. The standard InChI is InChI=1S/C78H155NO8/c1-3-5-7-9-11-13-15-17-19-21-23-25-27-29-31-33-35-36-38-40-42-44-46-48-50-52-54-56-58-60-62-64-66-68-74(82)79-71(70-86-78-77(85)76(84)75(83)73(69-80)87-78)72(81)67-65-63-61-59-57-55-53-51-49-47-45-43-41-39-37-34-32-30-28-26-24-22-20-18-16-14-12-10-8-6-4-2/h71-73,75-78,80-81,83-85H,3-70H2,1-2H3,(H,79,82). The van der Waals surface area contributed by atoms with E-state index in [2.05, 4.69) is 19.2 Å². The Labute approximate surface area is 542 Å². The van der Waals surface area contributed by atoms with Crippen molar-refractivity contribution >= 4 is 5.91 Å². The Morgan fingerprint density at radius 2 is 0.575 bits per heavy atom. The van der Waals surface area contributed by atoms with Crippen LogP contribution in [0.3, 0.4) is 0 Å². The molecule has 9 heteroatoms. The number of ether oxygens (including phenoxy) is 2. The summed E-state index contributed by atoms with van der Waals surface area (Å²) < 4.78 is 11.4. The molecule has 1 saturated heterocycles. The first-order valence-electron chi connectivity index (χ1n) is 39.7.